The summed E-state index contributed by atoms with van der Waals surface area (Å²) < 4.78 is 9.95. The molecule has 8 heteroatoms. The number of carboxylic acids is 1. The Labute approximate surface area is 114 Å². The van der Waals surface area contributed by atoms with Crippen LogP contribution in [0.4, 0.5) is 5.69 Å². The van der Waals surface area contributed by atoms with E-state index >= 15 is 0 Å². The van der Waals surface area contributed by atoms with Gasteiger partial charge in [0.05, 0.1) is 35.7 Å². The van der Waals surface area contributed by atoms with E-state index < -0.39 is 10.9 Å². The van der Waals surface area contributed by atoms with Crippen molar-refractivity contribution >= 4 is 30.4 Å². The first-order valence-corrected chi connectivity index (χ1v) is 5.39. The minimum atomic E-state index is -1.28. The topological polar surface area (TPSA) is 98.9 Å². The molecule has 1 aromatic rings. The molecule has 0 atom stereocenters. The third-order valence-corrected chi connectivity index (χ3v) is 2.56. The molecule has 7 nitrogen and oxygen atoms in total. The molecule has 1 rings (SSSR count). The van der Waals surface area contributed by atoms with E-state index in [1.165, 1.54) is 20.3 Å². The molecular weight excluding hydrogens is 274 g/mol. The number of carboxylic acid groups (broad SMARTS) is 1. The number of nitro groups is 1. The van der Waals surface area contributed by atoms with Gasteiger partial charge in [-0.2, -0.15) is 0 Å². The Kier molecular flexibility index (Phi) is 4.76. The molecule has 1 aromatic carbocycles. The standard InChI is InChI=1S/C11H11NO6S/c1-17-8-3-6(4-10(19)11(13)14)7(12(15)16)5-9(8)18-2/h3-5,19H,1-2H3,(H,13,14)/b10-4-. The van der Waals surface area contributed by atoms with E-state index in [-0.39, 0.29) is 27.7 Å². The predicted octanol–water partition coefficient (Wildman–Crippen LogP) is 1.97. The first kappa shape index (κ1) is 14.8. The number of rotatable bonds is 5. The number of benzene rings is 1. The van der Waals surface area contributed by atoms with Gasteiger partial charge < -0.3 is 14.6 Å². The Morgan fingerprint density at radius 3 is 2.32 bits per heavy atom. The van der Waals surface area contributed by atoms with Crippen molar-refractivity contribution in [3.63, 3.8) is 0 Å². The number of carbonyl (C=O) groups is 1. The van der Waals surface area contributed by atoms with Gasteiger partial charge >= 0.3 is 5.97 Å². The number of ether oxygens (including phenoxy) is 2. The fourth-order valence-electron chi connectivity index (χ4n) is 1.37. The third kappa shape index (κ3) is 3.38. The van der Waals surface area contributed by atoms with Gasteiger partial charge in [-0.3, -0.25) is 10.1 Å². The zero-order valence-electron chi connectivity index (χ0n) is 10.1. The van der Waals surface area contributed by atoms with E-state index in [1.54, 1.807) is 0 Å². The molecule has 0 aliphatic carbocycles. The fourth-order valence-corrected chi connectivity index (χ4v) is 1.51. The maximum Gasteiger partial charge on any atom is 0.341 e. The summed E-state index contributed by atoms with van der Waals surface area (Å²) in [5.41, 5.74) is -0.236. The highest BCUT2D eigenvalue weighted by atomic mass is 32.1. The average molecular weight is 285 g/mol. The minimum absolute atomic E-state index is 0.0649. The molecule has 0 aromatic heterocycles. The van der Waals surface area contributed by atoms with Crippen LogP contribution in [0.1, 0.15) is 5.56 Å². The smallest absolute Gasteiger partial charge is 0.341 e. The molecule has 19 heavy (non-hydrogen) atoms. The van der Waals surface area contributed by atoms with Crippen LogP contribution < -0.4 is 9.47 Å². The molecule has 0 saturated heterocycles. The summed E-state index contributed by atoms with van der Waals surface area (Å²) in [5, 5.41) is 19.7. The molecule has 0 amide bonds. The Bertz CT molecular complexity index is 554. The van der Waals surface area contributed by atoms with Crippen molar-refractivity contribution in [2.45, 2.75) is 0 Å². The fraction of sp³-hybridized carbons (Fsp3) is 0.182. The van der Waals surface area contributed by atoms with Gasteiger partial charge in [0.2, 0.25) is 0 Å². The predicted molar refractivity (Wildman–Crippen MR) is 70.8 cm³/mol. The molecule has 0 bridgehead atoms. The van der Waals surface area contributed by atoms with Crippen molar-refractivity contribution < 1.29 is 24.3 Å². The highest BCUT2D eigenvalue weighted by molar-refractivity contribution is 7.85. The summed E-state index contributed by atoms with van der Waals surface area (Å²) in [7, 11) is 2.72. The van der Waals surface area contributed by atoms with Gasteiger partial charge in [-0.1, -0.05) is 0 Å². The van der Waals surface area contributed by atoms with Crippen molar-refractivity contribution in [1.82, 2.24) is 0 Å². The summed E-state index contributed by atoms with van der Waals surface area (Å²) in [6.07, 6.45) is 1.07. The molecular formula is C11H11NO6S. The SMILES string of the molecule is COc1cc(/C=C(\S)C(=O)O)c([N+](=O)[O-])cc1OC. The van der Waals surface area contributed by atoms with Crippen molar-refractivity contribution in [2.24, 2.45) is 0 Å². The molecule has 0 radical (unpaired) electrons. The lowest BCUT2D eigenvalue weighted by atomic mass is 10.1. The summed E-state index contributed by atoms with van der Waals surface area (Å²) in [6, 6.07) is 2.48. The van der Waals surface area contributed by atoms with E-state index in [0.29, 0.717) is 0 Å². The van der Waals surface area contributed by atoms with Crippen molar-refractivity contribution in [3.8, 4) is 11.5 Å². The summed E-state index contributed by atoms with van der Waals surface area (Å²) in [4.78, 5) is 20.7. The Balaban J connectivity index is 3.48. The lowest BCUT2D eigenvalue weighted by molar-refractivity contribution is -0.385. The van der Waals surface area contributed by atoms with Crippen LogP contribution in [-0.4, -0.2) is 30.2 Å². The van der Waals surface area contributed by atoms with Crippen molar-refractivity contribution in [3.05, 3.63) is 32.7 Å². The van der Waals surface area contributed by atoms with Crippen LogP contribution in [-0.2, 0) is 4.79 Å². The highest BCUT2D eigenvalue weighted by Crippen LogP contribution is 2.35. The molecule has 0 heterocycles. The Hall–Kier alpha value is -2.22. The number of hydrogen-bond acceptors (Lipinski definition) is 6. The van der Waals surface area contributed by atoms with Gasteiger partial charge in [0, 0.05) is 0 Å². The van der Waals surface area contributed by atoms with Gasteiger partial charge in [0.25, 0.3) is 5.69 Å². The van der Waals surface area contributed by atoms with Crippen LogP contribution in [0, 0.1) is 10.1 Å². The molecule has 1 N–H and O–H groups in total. The first-order valence-electron chi connectivity index (χ1n) is 4.95. The van der Waals surface area contributed by atoms with Gasteiger partial charge in [-0.25, -0.2) is 4.79 Å². The van der Waals surface area contributed by atoms with E-state index in [1.807, 2.05) is 0 Å². The quantitative estimate of drug-likeness (QED) is 0.371. The second-order valence-corrected chi connectivity index (χ2v) is 3.84. The maximum absolute atomic E-state index is 10.9. The highest BCUT2D eigenvalue weighted by Gasteiger charge is 2.19. The van der Waals surface area contributed by atoms with Crippen LogP contribution in [0.2, 0.25) is 0 Å². The number of methoxy groups -OCH3 is 2. The van der Waals surface area contributed by atoms with Crippen LogP contribution in [0.3, 0.4) is 0 Å². The molecule has 0 fully saturated rings. The normalized spacial score (nSPS) is 11.0. The van der Waals surface area contributed by atoms with E-state index in [2.05, 4.69) is 12.6 Å². The zero-order valence-corrected chi connectivity index (χ0v) is 11.0. The van der Waals surface area contributed by atoms with Crippen LogP contribution in [0.5, 0.6) is 11.5 Å². The zero-order chi connectivity index (χ0) is 14.6. The first-order chi connectivity index (χ1) is 8.90. The molecule has 102 valence electrons. The van der Waals surface area contributed by atoms with Gasteiger partial charge in [0.15, 0.2) is 11.5 Å². The summed E-state index contributed by atoms with van der Waals surface area (Å²) in [6.45, 7) is 0. The lowest BCUT2D eigenvalue weighted by Crippen LogP contribution is -1.98. The summed E-state index contributed by atoms with van der Waals surface area (Å²) >= 11 is 3.73. The maximum atomic E-state index is 10.9. The second kappa shape index (κ2) is 6.10. The van der Waals surface area contributed by atoms with Gasteiger partial charge in [0.1, 0.15) is 0 Å². The third-order valence-electron chi connectivity index (χ3n) is 2.24. The molecule has 0 aliphatic rings. The molecule has 0 unspecified atom stereocenters. The monoisotopic (exact) mass is 285 g/mol. The number of aliphatic carboxylic acids is 1. The summed E-state index contributed by atoms with van der Waals surface area (Å²) in [5.74, 6) is -0.847. The largest absolute Gasteiger partial charge is 0.493 e. The van der Waals surface area contributed by atoms with E-state index in [9.17, 15) is 14.9 Å². The average Bonchev–Trinajstić information content (AvgIpc) is 2.37. The van der Waals surface area contributed by atoms with Gasteiger partial charge in [-0.15, -0.1) is 12.6 Å². The van der Waals surface area contributed by atoms with Crippen molar-refractivity contribution in [1.29, 1.82) is 0 Å². The number of nitro benzene ring substituents is 1. The number of nitrogens with zero attached hydrogens (tertiary/aromatic N) is 1. The minimum Gasteiger partial charge on any atom is -0.493 e. The Morgan fingerprint density at radius 2 is 1.89 bits per heavy atom. The van der Waals surface area contributed by atoms with Crippen molar-refractivity contribution in [2.75, 3.05) is 14.2 Å². The number of hydrogen-bond donors (Lipinski definition) is 2. The Morgan fingerprint density at radius 1 is 1.37 bits per heavy atom. The molecule has 0 aliphatic heterocycles. The van der Waals surface area contributed by atoms with Crippen LogP contribution in [0.15, 0.2) is 17.0 Å². The lowest BCUT2D eigenvalue weighted by Gasteiger charge is -2.08. The number of thiol groups is 1. The molecule has 0 saturated carbocycles. The van der Waals surface area contributed by atoms with Gasteiger partial charge in [-0.05, 0) is 12.1 Å². The van der Waals surface area contributed by atoms with E-state index in [4.69, 9.17) is 14.6 Å². The van der Waals surface area contributed by atoms with E-state index in [0.717, 1.165) is 12.1 Å². The van der Waals surface area contributed by atoms with Crippen LogP contribution >= 0.6 is 12.6 Å². The second-order valence-electron chi connectivity index (χ2n) is 3.36. The van der Waals surface area contributed by atoms with Crippen LogP contribution in [0.25, 0.3) is 6.08 Å². The molecule has 0 spiro atoms.